The normalized spacial score (nSPS) is 10.9. The molecule has 55 heavy (non-hydrogen) atoms. The number of benzene rings is 4. The fourth-order valence-corrected chi connectivity index (χ4v) is 6.35. The van der Waals surface area contributed by atoms with E-state index in [1.54, 1.807) is 46.6 Å². The Morgan fingerprint density at radius 1 is 0.418 bits per heavy atom. The van der Waals surface area contributed by atoms with Gasteiger partial charge in [0, 0.05) is 98.1 Å². The van der Waals surface area contributed by atoms with Crippen LogP contribution in [0.1, 0.15) is 0 Å². The predicted octanol–water partition coefficient (Wildman–Crippen LogP) is 8.83. The molecule has 2 aliphatic heterocycles. The van der Waals surface area contributed by atoms with E-state index in [4.69, 9.17) is 29.9 Å². The summed E-state index contributed by atoms with van der Waals surface area (Å²) >= 11 is 0. The van der Waals surface area contributed by atoms with Gasteiger partial charge in [0.25, 0.3) is 0 Å². The average Bonchev–Trinajstić information content (AvgIpc) is 4.09. The first-order chi connectivity index (χ1) is 26.7. The van der Waals surface area contributed by atoms with Crippen molar-refractivity contribution in [2.75, 3.05) is 0 Å². The van der Waals surface area contributed by atoms with Crippen LogP contribution in [0.25, 0.3) is 102 Å². The van der Waals surface area contributed by atoms with Crippen LogP contribution in [0.15, 0.2) is 148 Å². The molecule has 13 heteroatoms. The van der Waals surface area contributed by atoms with Crippen LogP contribution in [0.5, 0.6) is 0 Å². The summed E-state index contributed by atoms with van der Waals surface area (Å²) in [4.78, 5) is 44.3. The van der Waals surface area contributed by atoms with Crippen LogP contribution < -0.4 is 0 Å². The van der Waals surface area contributed by atoms with Crippen molar-refractivity contribution in [3.63, 3.8) is 0 Å². The van der Waals surface area contributed by atoms with Crippen molar-refractivity contribution >= 4 is 56.5 Å². The predicted molar refractivity (Wildman–Crippen MR) is 213 cm³/mol. The minimum absolute atomic E-state index is 0. The van der Waals surface area contributed by atoms with E-state index in [0.29, 0.717) is 45.9 Å². The summed E-state index contributed by atoms with van der Waals surface area (Å²) in [6.07, 6.45) is 13.8. The van der Waals surface area contributed by atoms with Crippen molar-refractivity contribution in [2.45, 2.75) is 0 Å². The van der Waals surface area contributed by atoms with Crippen molar-refractivity contribution in [1.82, 2.24) is 59.0 Å². The Bertz CT molecular complexity index is 2640. The van der Waals surface area contributed by atoms with Crippen LogP contribution in [-0.2, 0) is 17.1 Å². The molecule has 0 saturated heterocycles. The summed E-state index contributed by atoms with van der Waals surface area (Å²) in [7, 11) is 0. The Kier molecular flexibility index (Phi) is 9.44. The minimum atomic E-state index is 0. The summed E-state index contributed by atoms with van der Waals surface area (Å²) in [6, 6.07) is 32.2. The summed E-state index contributed by atoms with van der Waals surface area (Å²) in [5.74, 6) is 2.39. The number of hydrogen-bond donors (Lipinski definition) is 2. The second-order valence-electron chi connectivity index (χ2n) is 12.2. The quantitative estimate of drug-likeness (QED) is 0.167. The number of nitrogens with zero attached hydrogens (tertiary/aromatic N) is 10. The van der Waals surface area contributed by atoms with Gasteiger partial charge in [0.2, 0.25) is 0 Å². The summed E-state index contributed by atoms with van der Waals surface area (Å²) < 4.78 is 3.56. The number of hydrogen-bond acceptors (Lipinski definition) is 8. The van der Waals surface area contributed by atoms with E-state index < -0.39 is 0 Å². The zero-order valence-electron chi connectivity index (χ0n) is 29.1. The number of rotatable bonds is 2. The molecule has 266 valence electrons. The monoisotopic (exact) mass is 758 g/mol. The van der Waals surface area contributed by atoms with Crippen LogP contribution in [0, 0.1) is 0 Å². The fourth-order valence-electron chi connectivity index (χ4n) is 6.35. The van der Waals surface area contributed by atoms with Gasteiger partial charge in [-0.05, 0) is 0 Å². The standard InChI is InChI=1S/C32H18N8.2C5H6N2.Fe/c1-2-10-18-17(9-1)25-33-26(18)38-28-21-13-5-6-14-22(21)30(35-28)40-32-24-16-8-7-15-23(24)31(36-32)39-29-20-12-4-3-11-19(20)27(34-29)37-25;2*1-2-7-4-3-6-5-7;/h1-16H,(H2,33,34,35,36,37,38,39,40);2*2-5H,1H2;. The average molecular weight is 759 g/mol. The van der Waals surface area contributed by atoms with Crippen molar-refractivity contribution < 1.29 is 17.1 Å². The van der Waals surface area contributed by atoms with Crippen LogP contribution >= 0.6 is 0 Å². The van der Waals surface area contributed by atoms with E-state index in [0.717, 1.165) is 43.8 Å². The van der Waals surface area contributed by atoms with Crippen LogP contribution in [0.3, 0.4) is 0 Å². The first-order valence-corrected chi connectivity index (χ1v) is 17.1. The van der Waals surface area contributed by atoms with Gasteiger partial charge in [-0.15, -0.1) is 0 Å². The molecule has 9 aromatic rings. The van der Waals surface area contributed by atoms with E-state index >= 15 is 0 Å². The van der Waals surface area contributed by atoms with E-state index in [9.17, 15) is 0 Å². The molecule has 0 amide bonds. The van der Waals surface area contributed by atoms with Gasteiger partial charge in [-0.25, -0.2) is 39.9 Å². The third-order valence-electron chi connectivity index (χ3n) is 8.93. The maximum Gasteiger partial charge on any atom is 0.164 e. The molecule has 2 N–H and O–H groups in total. The fraction of sp³-hybridized carbons (Fsp3) is 0. The number of fused-ring (bicyclic) bond motifs is 20. The van der Waals surface area contributed by atoms with E-state index in [1.807, 2.05) is 109 Å². The summed E-state index contributed by atoms with van der Waals surface area (Å²) in [6.45, 7) is 7.05. The van der Waals surface area contributed by atoms with Gasteiger partial charge in [0.15, 0.2) is 23.3 Å². The minimum Gasteiger partial charge on any atom is -0.324 e. The Hall–Kier alpha value is -7.34. The first kappa shape index (κ1) is 34.7. The molecule has 5 aromatic heterocycles. The zero-order chi connectivity index (χ0) is 36.4. The van der Waals surface area contributed by atoms with E-state index in [-0.39, 0.29) is 17.1 Å². The molecule has 11 rings (SSSR count). The van der Waals surface area contributed by atoms with Crippen molar-refractivity contribution in [3.05, 3.63) is 148 Å². The molecular formula is C42H30FeN12. The number of aromatic nitrogens is 12. The van der Waals surface area contributed by atoms with Crippen molar-refractivity contribution in [2.24, 2.45) is 0 Å². The SMILES string of the molecule is C=Cn1ccnc1.C=Cn1ccnc1.[Fe].c1ccc2c(c1)-c1nc-2nc2[nH]c(nc3nc(nc4[nH]c(n1)c1ccccc41)-c1ccccc1-3)c1ccccc21. The molecule has 12 nitrogen and oxygen atoms in total. The molecule has 0 fully saturated rings. The second-order valence-corrected chi connectivity index (χ2v) is 12.2. The second kappa shape index (κ2) is 15.0. The first-order valence-electron chi connectivity index (χ1n) is 17.1. The van der Waals surface area contributed by atoms with Crippen molar-refractivity contribution in [3.8, 4) is 45.6 Å². The number of nitrogens with one attached hydrogen (secondary N) is 2. The molecule has 8 bridgehead atoms. The molecule has 0 saturated carbocycles. The smallest absolute Gasteiger partial charge is 0.164 e. The molecular weight excluding hydrogens is 728 g/mol. The Balaban J connectivity index is 0.000000241. The van der Waals surface area contributed by atoms with Crippen LogP contribution in [0.4, 0.5) is 0 Å². The van der Waals surface area contributed by atoms with Gasteiger partial charge in [-0.1, -0.05) is 110 Å². The van der Waals surface area contributed by atoms with Crippen molar-refractivity contribution in [1.29, 1.82) is 0 Å². The molecule has 0 aliphatic carbocycles. The van der Waals surface area contributed by atoms with Gasteiger partial charge in [-0.3, -0.25) is 0 Å². The van der Waals surface area contributed by atoms with Gasteiger partial charge in [-0.2, -0.15) is 0 Å². The third kappa shape index (κ3) is 6.61. The largest absolute Gasteiger partial charge is 0.324 e. The van der Waals surface area contributed by atoms with E-state index in [1.165, 1.54) is 0 Å². The topological polar surface area (TPSA) is 145 Å². The molecule has 0 radical (unpaired) electrons. The molecule has 2 aliphatic rings. The molecule has 0 spiro atoms. The zero-order valence-corrected chi connectivity index (χ0v) is 30.2. The maximum absolute atomic E-state index is 5.02. The van der Waals surface area contributed by atoms with Crippen LogP contribution in [0.2, 0.25) is 0 Å². The number of aromatic amines is 2. The molecule has 0 atom stereocenters. The number of imidazole rings is 2. The third-order valence-corrected chi connectivity index (χ3v) is 8.93. The Morgan fingerprint density at radius 3 is 0.945 bits per heavy atom. The van der Waals surface area contributed by atoms with Gasteiger partial charge in [0.1, 0.15) is 22.6 Å². The Morgan fingerprint density at radius 2 is 0.709 bits per heavy atom. The van der Waals surface area contributed by atoms with Gasteiger partial charge in [0.05, 0.1) is 12.7 Å². The summed E-state index contributed by atoms with van der Waals surface area (Å²) in [5, 5.41) is 3.82. The summed E-state index contributed by atoms with van der Waals surface area (Å²) in [5.41, 5.74) is 6.45. The van der Waals surface area contributed by atoms with Crippen LogP contribution in [-0.4, -0.2) is 59.0 Å². The van der Waals surface area contributed by atoms with Gasteiger partial charge < -0.3 is 19.1 Å². The molecule has 7 heterocycles. The maximum atomic E-state index is 5.02. The number of H-pyrrole nitrogens is 2. The van der Waals surface area contributed by atoms with E-state index in [2.05, 4.69) is 33.1 Å². The Labute approximate surface area is 324 Å². The molecule has 0 unspecified atom stereocenters. The van der Waals surface area contributed by atoms with Gasteiger partial charge >= 0.3 is 0 Å². The molecule has 4 aromatic carbocycles.